The van der Waals surface area contributed by atoms with Gasteiger partial charge in [-0.15, -0.1) is 0 Å². The molecule has 0 aliphatic carbocycles. The molecule has 10 nitrogen and oxygen atoms in total. The molecule has 2 rings (SSSR count). The molecule has 0 saturated heterocycles. The fourth-order valence-electron chi connectivity index (χ4n) is 2.05. The minimum absolute atomic E-state index is 0.0118. The Morgan fingerprint density at radius 2 is 1.70 bits per heavy atom. The molecule has 10 heteroatoms. The van der Waals surface area contributed by atoms with Crippen LogP contribution in [0, 0.1) is 10.8 Å². The van der Waals surface area contributed by atoms with Gasteiger partial charge in [-0.05, 0) is 41.5 Å². The van der Waals surface area contributed by atoms with Crippen LogP contribution in [0.5, 0.6) is 0 Å². The molecule has 0 saturated carbocycles. The van der Waals surface area contributed by atoms with Crippen molar-refractivity contribution in [1.82, 2.24) is 19.5 Å². The molecule has 0 aromatic carbocycles. The number of ether oxygens (including phenoxy) is 2. The largest absolute Gasteiger partial charge is 0.459 e. The van der Waals surface area contributed by atoms with Crippen LogP contribution >= 0.6 is 0 Å². The Morgan fingerprint density at radius 1 is 1.11 bits per heavy atom. The van der Waals surface area contributed by atoms with E-state index in [9.17, 15) is 19.2 Å². The highest BCUT2D eigenvalue weighted by Gasteiger charge is 2.31. The van der Waals surface area contributed by atoms with Crippen LogP contribution in [0.15, 0.2) is 15.9 Å². The maximum absolute atomic E-state index is 12.4. The SMILES string of the molecule is CC(C)(C)C(=O)OCC(OC(=O)C(C)(C)C)n1c(=O)[nH]c(=O)c2[nH]cnc21. The summed E-state index contributed by atoms with van der Waals surface area (Å²) in [5.74, 6) is -1.14. The summed E-state index contributed by atoms with van der Waals surface area (Å²) in [6.45, 7) is 9.54. The highest BCUT2D eigenvalue weighted by atomic mass is 16.6. The van der Waals surface area contributed by atoms with E-state index in [1.54, 1.807) is 41.5 Å². The second kappa shape index (κ2) is 7.01. The quantitative estimate of drug-likeness (QED) is 0.758. The zero-order chi connectivity index (χ0) is 20.6. The first-order valence-corrected chi connectivity index (χ1v) is 8.38. The first-order chi connectivity index (χ1) is 12.3. The maximum atomic E-state index is 12.4. The van der Waals surface area contributed by atoms with Gasteiger partial charge in [0.25, 0.3) is 5.56 Å². The number of carbonyl (C=O) groups excluding carboxylic acids is 2. The Kier molecular flexibility index (Phi) is 5.30. The van der Waals surface area contributed by atoms with Crippen LogP contribution in [-0.4, -0.2) is 38.1 Å². The number of nitrogens with one attached hydrogen (secondary N) is 2. The van der Waals surface area contributed by atoms with Crippen LogP contribution in [0.1, 0.15) is 47.8 Å². The van der Waals surface area contributed by atoms with Crippen LogP contribution in [0.3, 0.4) is 0 Å². The molecule has 0 aliphatic heterocycles. The number of rotatable bonds is 4. The van der Waals surface area contributed by atoms with Gasteiger partial charge in [-0.2, -0.15) is 0 Å². The number of esters is 2. The van der Waals surface area contributed by atoms with E-state index in [-0.39, 0.29) is 11.2 Å². The third-order valence-corrected chi connectivity index (χ3v) is 3.63. The second-order valence-electron chi connectivity index (χ2n) is 8.19. The monoisotopic (exact) mass is 380 g/mol. The minimum Gasteiger partial charge on any atom is -0.459 e. The molecule has 0 fully saturated rings. The first kappa shape index (κ1) is 20.4. The van der Waals surface area contributed by atoms with Crippen molar-refractivity contribution >= 4 is 23.1 Å². The van der Waals surface area contributed by atoms with E-state index in [0.717, 1.165) is 4.57 Å². The Hall–Kier alpha value is -2.91. The van der Waals surface area contributed by atoms with Crippen molar-refractivity contribution in [3.63, 3.8) is 0 Å². The summed E-state index contributed by atoms with van der Waals surface area (Å²) < 4.78 is 11.7. The molecule has 148 valence electrons. The predicted molar refractivity (Wildman–Crippen MR) is 96.0 cm³/mol. The average Bonchev–Trinajstić information content (AvgIpc) is 2.99. The molecular formula is C17H24N4O6. The van der Waals surface area contributed by atoms with Gasteiger partial charge < -0.3 is 14.5 Å². The van der Waals surface area contributed by atoms with Crippen molar-refractivity contribution in [2.45, 2.75) is 47.8 Å². The summed E-state index contributed by atoms with van der Waals surface area (Å²) in [5.41, 5.74) is -3.11. The summed E-state index contributed by atoms with van der Waals surface area (Å²) in [5, 5.41) is 0. The molecule has 1 unspecified atom stereocenters. The van der Waals surface area contributed by atoms with E-state index in [0.29, 0.717) is 0 Å². The number of hydrogen-bond donors (Lipinski definition) is 2. The van der Waals surface area contributed by atoms with E-state index in [1.165, 1.54) is 6.33 Å². The molecule has 0 spiro atoms. The van der Waals surface area contributed by atoms with E-state index < -0.39 is 46.9 Å². The zero-order valence-electron chi connectivity index (χ0n) is 16.2. The fourth-order valence-corrected chi connectivity index (χ4v) is 2.05. The first-order valence-electron chi connectivity index (χ1n) is 8.38. The normalized spacial score (nSPS) is 13.4. The number of nitrogens with zero attached hydrogens (tertiary/aromatic N) is 2. The van der Waals surface area contributed by atoms with Gasteiger partial charge in [-0.1, -0.05) is 0 Å². The summed E-state index contributed by atoms with van der Waals surface area (Å²) in [6, 6.07) is 0. The van der Waals surface area contributed by atoms with E-state index >= 15 is 0 Å². The molecule has 1 atom stereocenters. The lowest BCUT2D eigenvalue weighted by molar-refractivity contribution is -0.175. The number of imidazole rings is 1. The highest BCUT2D eigenvalue weighted by Crippen LogP contribution is 2.22. The molecule has 2 aromatic rings. The van der Waals surface area contributed by atoms with Gasteiger partial charge in [-0.3, -0.25) is 19.4 Å². The maximum Gasteiger partial charge on any atom is 0.333 e. The van der Waals surface area contributed by atoms with Crippen molar-refractivity contribution in [3.05, 3.63) is 27.2 Å². The molecule has 0 amide bonds. The van der Waals surface area contributed by atoms with Gasteiger partial charge >= 0.3 is 17.6 Å². The number of carbonyl (C=O) groups is 2. The molecule has 2 N–H and O–H groups in total. The second-order valence-corrected chi connectivity index (χ2v) is 8.19. The van der Waals surface area contributed by atoms with Crippen molar-refractivity contribution in [2.24, 2.45) is 10.8 Å². The topological polar surface area (TPSA) is 136 Å². The van der Waals surface area contributed by atoms with Gasteiger partial charge in [0.15, 0.2) is 5.65 Å². The Morgan fingerprint density at radius 3 is 2.26 bits per heavy atom. The van der Waals surface area contributed by atoms with Gasteiger partial charge in [0.2, 0.25) is 6.23 Å². The van der Waals surface area contributed by atoms with E-state index in [4.69, 9.17) is 9.47 Å². The Labute approximate surface area is 154 Å². The van der Waals surface area contributed by atoms with E-state index in [2.05, 4.69) is 15.0 Å². The molecule has 0 radical (unpaired) electrons. The number of aromatic amines is 2. The molecular weight excluding hydrogens is 356 g/mol. The lowest BCUT2D eigenvalue weighted by Crippen LogP contribution is -2.39. The van der Waals surface area contributed by atoms with Crippen LogP contribution in [0.4, 0.5) is 0 Å². The zero-order valence-corrected chi connectivity index (χ0v) is 16.2. The molecule has 0 aliphatic rings. The molecule has 27 heavy (non-hydrogen) atoms. The van der Waals surface area contributed by atoms with Gasteiger partial charge in [-0.25, -0.2) is 14.3 Å². The number of H-pyrrole nitrogens is 2. The third kappa shape index (κ3) is 4.44. The summed E-state index contributed by atoms with van der Waals surface area (Å²) >= 11 is 0. The van der Waals surface area contributed by atoms with Crippen LogP contribution in [0.25, 0.3) is 11.2 Å². The number of aromatic nitrogens is 4. The summed E-state index contributed by atoms with van der Waals surface area (Å²) in [7, 11) is 0. The van der Waals surface area contributed by atoms with Gasteiger partial charge in [0.05, 0.1) is 17.2 Å². The summed E-state index contributed by atoms with van der Waals surface area (Å²) in [6.07, 6.45) is -0.0576. The molecule has 0 bridgehead atoms. The Balaban J connectivity index is 2.48. The number of fused-ring (bicyclic) bond motifs is 1. The van der Waals surface area contributed by atoms with Crippen molar-refractivity contribution in [2.75, 3.05) is 6.61 Å². The summed E-state index contributed by atoms with van der Waals surface area (Å²) in [4.78, 5) is 57.4. The van der Waals surface area contributed by atoms with E-state index in [1.807, 2.05) is 0 Å². The van der Waals surface area contributed by atoms with Crippen LogP contribution in [0.2, 0.25) is 0 Å². The molecule has 2 aromatic heterocycles. The Bertz CT molecular complexity index is 970. The van der Waals surface area contributed by atoms with Gasteiger partial charge in [0, 0.05) is 0 Å². The minimum atomic E-state index is -1.29. The predicted octanol–water partition coefficient (Wildman–Crippen LogP) is 1.09. The lowest BCUT2D eigenvalue weighted by atomic mass is 9.97. The number of hydrogen-bond acceptors (Lipinski definition) is 7. The average molecular weight is 380 g/mol. The van der Waals surface area contributed by atoms with Crippen molar-refractivity contribution in [3.8, 4) is 0 Å². The van der Waals surface area contributed by atoms with Crippen molar-refractivity contribution in [1.29, 1.82) is 0 Å². The molecule has 2 heterocycles. The lowest BCUT2D eigenvalue weighted by Gasteiger charge is -2.25. The third-order valence-electron chi connectivity index (χ3n) is 3.63. The smallest absolute Gasteiger partial charge is 0.333 e. The van der Waals surface area contributed by atoms with Crippen LogP contribution < -0.4 is 11.2 Å². The van der Waals surface area contributed by atoms with Gasteiger partial charge in [0.1, 0.15) is 12.1 Å². The highest BCUT2D eigenvalue weighted by molar-refractivity contribution is 5.76. The van der Waals surface area contributed by atoms with Crippen LogP contribution in [-0.2, 0) is 19.1 Å². The fraction of sp³-hybridized carbons (Fsp3) is 0.588. The van der Waals surface area contributed by atoms with Crippen molar-refractivity contribution < 1.29 is 19.1 Å². The standard InChI is InChI=1S/C17H24N4O6/c1-16(2,3)13(23)26-7-9(27-14(24)17(4,5)6)21-11-10(18-8-19-11)12(22)20-15(21)25/h8-9H,7H2,1-6H3,(H,18,19)(H,20,22,25).